The topological polar surface area (TPSA) is 93.8 Å². The molecule has 0 atom stereocenters. The molecular formula is C24H32N4O5. The van der Waals surface area contributed by atoms with E-state index in [-0.39, 0.29) is 23.6 Å². The highest BCUT2D eigenvalue weighted by Crippen LogP contribution is 2.35. The van der Waals surface area contributed by atoms with Crippen molar-refractivity contribution < 1.29 is 14.3 Å². The van der Waals surface area contributed by atoms with Gasteiger partial charge in [0.2, 0.25) is 5.91 Å². The number of hydrogen-bond acceptors (Lipinski definition) is 6. The molecule has 1 aliphatic heterocycles. The van der Waals surface area contributed by atoms with E-state index in [1.165, 1.54) is 28.5 Å². The van der Waals surface area contributed by atoms with Crippen LogP contribution in [0, 0.1) is 0 Å². The van der Waals surface area contributed by atoms with Gasteiger partial charge < -0.3 is 9.64 Å². The van der Waals surface area contributed by atoms with Crippen molar-refractivity contribution in [3.05, 3.63) is 63.4 Å². The normalized spacial score (nSPS) is 15.7. The number of likely N-dealkylation sites (tertiary alicyclic amines) is 1. The van der Waals surface area contributed by atoms with Gasteiger partial charge in [-0.25, -0.2) is 9.59 Å². The van der Waals surface area contributed by atoms with E-state index in [2.05, 4.69) is 4.90 Å². The van der Waals surface area contributed by atoms with Crippen LogP contribution >= 0.6 is 0 Å². The Bertz CT molecular complexity index is 1080. The molecule has 9 nitrogen and oxygen atoms in total. The second-order valence-corrected chi connectivity index (χ2v) is 8.16. The first kappa shape index (κ1) is 24.4. The number of aromatic nitrogens is 2. The number of methoxy groups -OCH3 is 1. The van der Waals surface area contributed by atoms with E-state index in [4.69, 9.17) is 4.74 Å². The quantitative estimate of drug-likeness (QED) is 0.559. The summed E-state index contributed by atoms with van der Waals surface area (Å²) in [5.74, 6) is -0.549. The van der Waals surface area contributed by atoms with E-state index < -0.39 is 11.5 Å². The van der Waals surface area contributed by atoms with E-state index >= 15 is 0 Å². The number of piperidine rings is 1. The number of nitrogens with zero attached hydrogens (tertiary/aromatic N) is 4. The van der Waals surface area contributed by atoms with Gasteiger partial charge >= 0.3 is 11.7 Å². The van der Waals surface area contributed by atoms with Crippen LogP contribution in [-0.4, -0.2) is 58.2 Å². The van der Waals surface area contributed by atoms with E-state index in [0.717, 1.165) is 0 Å². The second-order valence-electron chi connectivity index (χ2n) is 8.16. The maximum Gasteiger partial charge on any atom is 0.332 e. The highest BCUT2D eigenvalue weighted by atomic mass is 16.5. The van der Waals surface area contributed by atoms with Crippen molar-refractivity contribution in [3.8, 4) is 0 Å². The van der Waals surface area contributed by atoms with Gasteiger partial charge in [0.15, 0.2) is 0 Å². The molecule has 3 rings (SSSR count). The number of ether oxygens (including phenoxy) is 1. The number of benzene rings is 1. The standard InChI is InChI=1S/C24H32N4O5/c1-4-20(29)28(19-9-7-6-8-10-19)24(22(31)33-3)12-15-25(16-13-24)17-18-26-14-11-21(30)27(5-2)23(26)32/h6-11,14H,4-5,12-13,15-18H2,1-3H3. The minimum Gasteiger partial charge on any atom is -0.467 e. The van der Waals surface area contributed by atoms with Gasteiger partial charge in [-0.3, -0.25) is 23.6 Å². The molecule has 0 aliphatic carbocycles. The molecule has 178 valence electrons. The number of amides is 1. The first-order valence-corrected chi connectivity index (χ1v) is 11.4. The molecule has 0 unspecified atom stereocenters. The number of anilines is 1. The average Bonchev–Trinajstić information content (AvgIpc) is 2.84. The number of carbonyl (C=O) groups is 2. The fourth-order valence-corrected chi connectivity index (χ4v) is 4.49. The van der Waals surface area contributed by atoms with E-state index in [9.17, 15) is 19.2 Å². The summed E-state index contributed by atoms with van der Waals surface area (Å²) in [6, 6.07) is 10.6. The fraction of sp³-hybridized carbons (Fsp3) is 0.500. The third kappa shape index (κ3) is 4.93. The zero-order valence-electron chi connectivity index (χ0n) is 19.5. The summed E-state index contributed by atoms with van der Waals surface area (Å²) in [5.41, 5.74) is -1.03. The first-order chi connectivity index (χ1) is 15.9. The first-order valence-electron chi connectivity index (χ1n) is 11.4. The van der Waals surface area contributed by atoms with Crippen LogP contribution in [-0.2, 0) is 27.4 Å². The van der Waals surface area contributed by atoms with Crippen LogP contribution in [0.1, 0.15) is 33.1 Å². The Morgan fingerprint density at radius 2 is 1.70 bits per heavy atom. The molecule has 1 fully saturated rings. The van der Waals surface area contributed by atoms with Crippen LogP contribution in [0.2, 0.25) is 0 Å². The Morgan fingerprint density at radius 3 is 2.27 bits per heavy atom. The zero-order chi connectivity index (χ0) is 24.0. The SMILES string of the molecule is CCC(=O)N(c1ccccc1)C1(C(=O)OC)CCN(CCn2ccc(=O)n(CC)c2=O)CC1. The third-order valence-electron chi connectivity index (χ3n) is 6.36. The maximum absolute atomic E-state index is 13.0. The van der Waals surface area contributed by atoms with Crippen molar-refractivity contribution in [3.63, 3.8) is 0 Å². The summed E-state index contributed by atoms with van der Waals surface area (Å²) in [5, 5.41) is 0. The molecular weight excluding hydrogens is 424 g/mol. The summed E-state index contributed by atoms with van der Waals surface area (Å²) in [6.07, 6.45) is 2.64. The summed E-state index contributed by atoms with van der Waals surface area (Å²) in [7, 11) is 1.35. The van der Waals surface area contributed by atoms with Crippen LogP contribution in [0.5, 0.6) is 0 Å². The van der Waals surface area contributed by atoms with Gasteiger partial charge in [0, 0.05) is 57.1 Å². The molecule has 9 heteroatoms. The molecule has 2 aromatic rings. The zero-order valence-corrected chi connectivity index (χ0v) is 19.5. The lowest BCUT2D eigenvalue weighted by atomic mass is 9.84. The van der Waals surface area contributed by atoms with Crippen molar-refractivity contribution in [2.45, 2.75) is 51.7 Å². The van der Waals surface area contributed by atoms with Crippen molar-refractivity contribution in [1.82, 2.24) is 14.0 Å². The lowest BCUT2D eigenvalue weighted by Crippen LogP contribution is -2.62. The average molecular weight is 457 g/mol. The van der Waals surface area contributed by atoms with Crippen LogP contribution in [0.25, 0.3) is 0 Å². The molecule has 1 aliphatic rings. The van der Waals surface area contributed by atoms with Crippen LogP contribution in [0.15, 0.2) is 52.2 Å². The van der Waals surface area contributed by atoms with Gasteiger partial charge in [0.25, 0.3) is 5.56 Å². The minimum absolute atomic E-state index is 0.131. The van der Waals surface area contributed by atoms with Gasteiger partial charge in [0.1, 0.15) is 5.54 Å². The Kier molecular flexibility index (Phi) is 7.86. The largest absolute Gasteiger partial charge is 0.467 e. The Labute approximate surface area is 193 Å². The van der Waals surface area contributed by atoms with E-state index in [1.807, 2.05) is 30.3 Å². The van der Waals surface area contributed by atoms with Crippen LogP contribution in [0.3, 0.4) is 0 Å². The molecule has 0 bridgehead atoms. The lowest BCUT2D eigenvalue weighted by molar-refractivity contribution is -0.151. The molecule has 0 N–H and O–H groups in total. The third-order valence-corrected chi connectivity index (χ3v) is 6.36. The highest BCUT2D eigenvalue weighted by Gasteiger charge is 2.49. The van der Waals surface area contributed by atoms with Gasteiger partial charge in [0.05, 0.1) is 7.11 Å². The predicted octanol–water partition coefficient (Wildman–Crippen LogP) is 1.48. The molecule has 33 heavy (non-hydrogen) atoms. The van der Waals surface area contributed by atoms with Gasteiger partial charge in [-0.15, -0.1) is 0 Å². The summed E-state index contributed by atoms with van der Waals surface area (Å²) >= 11 is 0. The molecule has 1 saturated heterocycles. The van der Waals surface area contributed by atoms with Crippen molar-refractivity contribution >= 4 is 17.6 Å². The monoisotopic (exact) mass is 456 g/mol. The number of para-hydroxylation sites is 1. The molecule has 1 aromatic heterocycles. The number of carbonyl (C=O) groups excluding carboxylic acids is 2. The summed E-state index contributed by atoms with van der Waals surface area (Å²) in [4.78, 5) is 54.1. The van der Waals surface area contributed by atoms with Crippen molar-refractivity contribution in [2.75, 3.05) is 31.6 Å². The molecule has 1 amide bonds. The number of hydrogen-bond donors (Lipinski definition) is 0. The van der Waals surface area contributed by atoms with Crippen LogP contribution in [0.4, 0.5) is 5.69 Å². The van der Waals surface area contributed by atoms with Gasteiger partial charge in [-0.1, -0.05) is 25.1 Å². The predicted molar refractivity (Wildman–Crippen MR) is 125 cm³/mol. The smallest absolute Gasteiger partial charge is 0.332 e. The molecule has 1 aromatic carbocycles. The second kappa shape index (κ2) is 10.6. The molecule has 0 saturated carbocycles. The van der Waals surface area contributed by atoms with Crippen LogP contribution < -0.4 is 16.1 Å². The lowest BCUT2D eigenvalue weighted by Gasteiger charge is -2.46. The fourth-order valence-electron chi connectivity index (χ4n) is 4.49. The maximum atomic E-state index is 13.0. The number of rotatable bonds is 8. The van der Waals surface area contributed by atoms with E-state index in [0.29, 0.717) is 51.3 Å². The van der Waals surface area contributed by atoms with E-state index in [1.54, 1.807) is 18.7 Å². The molecule has 0 spiro atoms. The summed E-state index contributed by atoms with van der Waals surface area (Å²) < 4.78 is 7.91. The molecule has 0 radical (unpaired) electrons. The van der Waals surface area contributed by atoms with Gasteiger partial charge in [-0.2, -0.15) is 0 Å². The number of esters is 1. The Balaban J connectivity index is 1.79. The highest BCUT2D eigenvalue weighted by molar-refractivity contribution is 6.02. The van der Waals surface area contributed by atoms with Gasteiger partial charge in [-0.05, 0) is 31.9 Å². The minimum atomic E-state index is -1.08. The van der Waals surface area contributed by atoms with Crippen molar-refractivity contribution in [1.29, 1.82) is 0 Å². The Morgan fingerprint density at radius 1 is 1.03 bits per heavy atom. The molecule has 2 heterocycles. The summed E-state index contributed by atoms with van der Waals surface area (Å²) in [6.45, 7) is 6.03. The Hall–Kier alpha value is -3.20. The van der Waals surface area contributed by atoms with Crippen molar-refractivity contribution in [2.24, 2.45) is 0 Å².